The highest BCUT2D eigenvalue weighted by atomic mass is 32.2. The lowest BCUT2D eigenvalue weighted by atomic mass is 10.1. The SMILES string of the molecule is O=[N+]([O-])c1cccc(C2=NN3C(Cc4ccccc4)=NSC3=NC2)c1. The van der Waals surface area contributed by atoms with Crippen LogP contribution in [0, 0.1) is 10.1 Å². The van der Waals surface area contributed by atoms with Crippen LogP contribution in [0.5, 0.6) is 0 Å². The Morgan fingerprint density at radius 3 is 2.80 bits per heavy atom. The summed E-state index contributed by atoms with van der Waals surface area (Å²) in [6, 6.07) is 16.5. The number of fused-ring (bicyclic) bond motifs is 1. The molecule has 0 atom stereocenters. The predicted molar refractivity (Wildman–Crippen MR) is 98.9 cm³/mol. The third-order valence-electron chi connectivity index (χ3n) is 3.84. The van der Waals surface area contributed by atoms with Crippen LogP contribution >= 0.6 is 11.9 Å². The predicted octanol–water partition coefficient (Wildman–Crippen LogP) is 3.27. The van der Waals surface area contributed by atoms with Crippen LogP contribution in [0.3, 0.4) is 0 Å². The molecule has 7 nitrogen and oxygen atoms in total. The van der Waals surface area contributed by atoms with Crippen molar-refractivity contribution in [1.29, 1.82) is 0 Å². The highest BCUT2D eigenvalue weighted by molar-refractivity contribution is 8.13. The first kappa shape index (κ1) is 15.5. The summed E-state index contributed by atoms with van der Waals surface area (Å²) >= 11 is 1.31. The number of non-ortho nitro benzene ring substituents is 1. The monoisotopic (exact) mass is 351 g/mol. The quantitative estimate of drug-likeness (QED) is 0.481. The zero-order valence-electron chi connectivity index (χ0n) is 13.1. The van der Waals surface area contributed by atoms with E-state index in [1.165, 1.54) is 24.1 Å². The molecule has 0 saturated heterocycles. The second kappa shape index (κ2) is 6.48. The summed E-state index contributed by atoms with van der Waals surface area (Å²) in [6.45, 7) is 0.383. The van der Waals surface area contributed by atoms with Gasteiger partial charge in [0.1, 0.15) is 5.84 Å². The maximum atomic E-state index is 11.0. The zero-order chi connectivity index (χ0) is 17.2. The molecule has 8 heteroatoms. The average Bonchev–Trinajstić information content (AvgIpc) is 3.05. The van der Waals surface area contributed by atoms with Crippen molar-refractivity contribution in [2.45, 2.75) is 6.42 Å². The topological polar surface area (TPSA) is 83.5 Å². The minimum atomic E-state index is -0.407. The fraction of sp³-hybridized carbons (Fsp3) is 0.118. The molecular formula is C17H13N5O2S. The van der Waals surface area contributed by atoms with Gasteiger partial charge in [0.05, 0.1) is 29.1 Å². The summed E-state index contributed by atoms with van der Waals surface area (Å²) in [7, 11) is 0. The van der Waals surface area contributed by atoms with Crippen molar-refractivity contribution in [3.05, 3.63) is 75.8 Å². The minimum absolute atomic E-state index is 0.0453. The van der Waals surface area contributed by atoms with E-state index in [0.29, 0.717) is 24.2 Å². The van der Waals surface area contributed by atoms with E-state index in [0.717, 1.165) is 16.6 Å². The molecule has 0 fully saturated rings. The lowest BCUT2D eigenvalue weighted by Gasteiger charge is -2.20. The van der Waals surface area contributed by atoms with Crippen LogP contribution in [0.1, 0.15) is 11.1 Å². The Kier molecular flexibility index (Phi) is 4.02. The molecule has 0 radical (unpaired) electrons. The van der Waals surface area contributed by atoms with E-state index in [4.69, 9.17) is 0 Å². The molecule has 0 saturated carbocycles. The van der Waals surface area contributed by atoms with Crippen molar-refractivity contribution >= 4 is 34.4 Å². The van der Waals surface area contributed by atoms with E-state index in [1.807, 2.05) is 36.4 Å². The fourth-order valence-corrected chi connectivity index (χ4v) is 3.28. The molecule has 2 aromatic rings. The molecule has 0 bridgehead atoms. The molecule has 2 aliphatic heterocycles. The first-order chi connectivity index (χ1) is 12.2. The lowest BCUT2D eigenvalue weighted by molar-refractivity contribution is -0.384. The number of rotatable bonds is 4. The molecule has 124 valence electrons. The molecule has 0 spiro atoms. The molecule has 0 N–H and O–H groups in total. The van der Waals surface area contributed by atoms with Crippen LogP contribution in [-0.2, 0) is 6.42 Å². The summed E-state index contributed by atoms with van der Waals surface area (Å²) in [6.07, 6.45) is 0.651. The van der Waals surface area contributed by atoms with Gasteiger partial charge in [-0.05, 0) is 5.56 Å². The van der Waals surface area contributed by atoms with Gasteiger partial charge in [-0.3, -0.25) is 15.1 Å². The van der Waals surface area contributed by atoms with Crippen molar-refractivity contribution < 1.29 is 4.92 Å². The van der Waals surface area contributed by atoms with E-state index in [2.05, 4.69) is 14.5 Å². The summed E-state index contributed by atoms with van der Waals surface area (Å²) in [5, 5.41) is 18.1. The molecule has 0 aromatic heterocycles. The Morgan fingerprint density at radius 2 is 2.00 bits per heavy atom. The second-order valence-electron chi connectivity index (χ2n) is 5.53. The van der Waals surface area contributed by atoms with Crippen LogP contribution in [0.25, 0.3) is 0 Å². The van der Waals surface area contributed by atoms with E-state index in [-0.39, 0.29) is 5.69 Å². The van der Waals surface area contributed by atoms with Crippen LogP contribution < -0.4 is 0 Å². The number of aliphatic imine (C=N–C) groups is 1. The second-order valence-corrected chi connectivity index (χ2v) is 6.26. The Balaban J connectivity index is 1.61. The number of nitro benzene ring substituents is 1. The number of nitro groups is 1. The normalized spacial score (nSPS) is 16.0. The third kappa shape index (κ3) is 3.16. The van der Waals surface area contributed by atoms with Gasteiger partial charge in [-0.25, -0.2) is 0 Å². The van der Waals surface area contributed by atoms with Gasteiger partial charge in [0.15, 0.2) is 0 Å². The summed E-state index contributed by atoms with van der Waals surface area (Å²) < 4.78 is 4.46. The van der Waals surface area contributed by atoms with Crippen molar-refractivity contribution in [3.63, 3.8) is 0 Å². The lowest BCUT2D eigenvalue weighted by Crippen LogP contribution is -2.33. The van der Waals surface area contributed by atoms with Crippen molar-refractivity contribution in [3.8, 4) is 0 Å². The first-order valence-electron chi connectivity index (χ1n) is 7.65. The van der Waals surface area contributed by atoms with Gasteiger partial charge < -0.3 is 0 Å². The standard InChI is InChI=1S/C17H13N5O2S/c23-22(24)14-8-4-7-13(10-14)15-11-18-17-21(19-15)16(20-25-17)9-12-5-2-1-3-6-12/h1-8,10H,9,11H2. The fourth-order valence-electron chi connectivity index (χ4n) is 2.61. The number of hydrogen-bond acceptors (Lipinski definition) is 7. The van der Waals surface area contributed by atoms with Gasteiger partial charge >= 0.3 is 0 Å². The zero-order valence-corrected chi connectivity index (χ0v) is 13.9. The third-order valence-corrected chi connectivity index (χ3v) is 4.61. The molecule has 0 unspecified atom stereocenters. The number of hydrogen-bond donors (Lipinski definition) is 0. The molecule has 2 aliphatic rings. The van der Waals surface area contributed by atoms with Crippen molar-refractivity contribution in [1.82, 2.24) is 5.01 Å². The highest BCUT2D eigenvalue weighted by Gasteiger charge is 2.29. The number of nitrogens with zero attached hydrogens (tertiary/aromatic N) is 5. The van der Waals surface area contributed by atoms with Crippen LogP contribution in [0.4, 0.5) is 5.69 Å². The van der Waals surface area contributed by atoms with Crippen LogP contribution in [0.15, 0.2) is 69.1 Å². The maximum Gasteiger partial charge on any atom is 0.270 e. The van der Waals surface area contributed by atoms with Crippen molar-refractivity contribution in [2.75, 3.05) is 6.54 Å². The van der Waals surface area contributed by atoms with E-state index in [1.54, 1.807) is 11.1 Å². The average molecular weight is 351 g/mol. The van der Waals surface area contributed by atoms with E-state index >= 15 is 0 Å². The van der Waals surface area contributed by atoms with Gasteiger partial charge in [0, 0.05) is 24.1 Å². The van der Waals surface area contributed by atoms with Gasteiger partial charge in [-0.2, -0.15) is 14.5 Å². The summed E-state index contributed by atoms with van der Waals surface area (Å²) in [5.74, 6) is 0.803. The van der Waals surface area contributed by atoms with Gasteiger partial charge in [-0.15, -0.1) is 0 Å². The smallest absolute Gasteiger partial charge is 0.258 e. The molecule has 2 heterocycles. The van der Waals surface area contributed by atoms with E-state index in [9.17, 15) is 10.1 Å². The Morgan fingerprint density at radius 1 is 1.16 bits per heavy atom. The summed E-state index contributed by atoms with van der Waals surface area (Å²) in [5.41, 5.74) is 2.58. The van der Waals surface area contributed by atoms with Gasteiger partial charge in [-0.1, -0.05) is 42.5 Å². The minimum Gasteiger partial charge on any atom is -0.258 e. The number of amidine groups is 2. The molecule has 25 heavy (non-hydrogen) atoms. The Labute approximate surface area is 148 Å². The Bertz CT molecular complexity index is 924. The largest absolute Gasteiger partial charge is 0.270 e. The number of hydrazone groups is 1. The highest BCUT2D eigenvalue weighted by Crippen LogP contribution is 2.26. The van der Waals surface area contributed by atoms with Gasteiger partial charge in [0.2, 0.25) is 5.17 Å². The number of benzene rings is 2. The molecular weight excluding hydrogens is 338 g/mol. The maximum absolute atomic E-state index is 11.0. The molecule has 2 aromatic carbocycles. The van der Waals surface area contributed by atoms with E-state index < -0.39 is 4.92 Å². The molecule has 0 aliphatic carbocycles. The first-order valence-corrected chi connectivity index (χ1v) is 8.43. The summed E-state index contributed by atoms with van der Waals surface area (Å²) in [4.78, 5) is 15.1. The molecule has 4 rings (SSSR count). The van der Waals surface area contributed by atoms with Crippen molar-refractivity contribution in [2.24, 2.45) is 14.5 Å². The van der Waals surface area contributed by atoms with Gasteiger partial charge in [0.25, 0.3) is 5.69 Å². The van der Waals surface area contributed by atoms with Crippen LogP contribution in [0.2, 0.25) is 0 Å². The Hall–Kier alpha value is -3.00. The molecule has 0 amide bonds. The van der Waals surface area contributed by atoms with Crippen LogP contribution in [-0.4, -0.2) is 33.2 Å².